The second kappa shape index (κ2) is 5.43. The van der Waals surface area contributed by atoms with Crippen molar-refractivity contribution in [1.82, 2.24) is 14.5 Å². The molecule has 0 radical (unpaired) electrons. The van der Waals surface area contributed by atoms with Gasteiger partial charge in [0.2, 0.25) is 5.91 Å². The molecule has 2 aromatic rings. The van der Waals surface area contributed by atoms with Gasteiger partial charge in [-0.2, -0.15) is 0 Å². The smallest absolute Gasteiger partial charge is 0.222 e. The minimum atomic E-state index is -0.323. The minimum absolute atomic E-state index is 0.204. The Morgan fingerprint density at radius 3 is 3.25 bits per heavy atom. The summed E-state index contributed by atoms with van der Waals surface area (Å²) in [4.78, 5) is 19.5. The van der Waals surface area contributed by atoms with E-state index in [2.05, 4.69) is 21.0 Å². The van der Waals surface area contributed by atoms with E-state index in [9.17, 15) is 9.90 Å². The molecule has 2 saturated heterocycles. The molecule has 5 nitrogen and oxygen atoms in total. The van der Waals surface area contributed by atoms with E-state index in [0.717, 1.165) is 32.2 Å². The van der Waals surface area contributed by atoms with E-state index >= 15 is 0 Å². The van der Waals surface area contributed by atoms with Crippen LogP contribution in [0.2, 0.25) is 0 Å². The Labute approximate surface area is 144 Å². The summed E-state index contributed by atoms with van der Waals surface area (Å²) in [5.74, 6) is 0.600. The topological polar surface area (TPSA) is 58.4 Å². The number of aliphatic hydroxyl groups excluding tert-OH is 1. The largest absolute Gasteiger partial charge is 0.393 e. The molecule has 24 heavy (non-hydrogen) atoms. The van der Waals surface area contributed by atoms with Gasteiger partial charge in [-0.1, -0.05) is 0 Å². The van der Waals surface area contributed by atoms with Crippen molar-refractivity contribution in [2.24, 2.45) is 5.92 Å². The Morgan fingerprint density at radius 1 is 1.42 bits per heavy atom. The number of imidazole rings is 1. The summed E-state index contributed by atoms with van der Waals surface area (Å²) in [7, 11) is 0. The highest BCUT2D eigenvalue weighted by atomic mass is 32.1. The summed E-state index contributed by atoms with van der Waals surface area (Å²) in [6.45, 7) is 0.816. The minimum Gasteiger partial charge on any atom is -0.393 e. The highest BCUT2D eigenvalue weighted by molar-refractivity contribution is 7.10. The summed E-state index contributed by atoms with van der Waals surface area (Å²) < 4.78 is 2.21. The summed E-state index contributed by atoms with van der Waals surface area (Å²) in [5.41, 5.74) is 2.44. The van der Waals surface area contributed by atoms with Gasteiger partial charge in [-0.3, -0.25) is 4.79 Å². The zero-order valence-electron chi connectivity index (χ0n) is 13.5. The van der Waals surface area contributed by atoms with Gasteiger partial charge in [0, 0.05) is 29.4 Å². The van der Waals surface area contributed by atoms with E-state index in [-0.39, 0.29) is 12.1 Å². The highest BCUT2D eigenvalue weighted by Gasteiger charge is 2.40. The first-order valence-corrected chi connectivity index (χ1v) is 9.67. The molecule has 3 aliphatic rings. The monoisotopic (exact) mass is 343 g/mol. The Bertz CT molecular complexity index is 743. The normalized spacial score (nSPS) is 29.5. The molecule has 2 unspecified atom stereocenters. The summed E-state index contributed by atoms with van der Waals surface area (Å²) in [6.07, 6.45) is 7.74. The van der Waals surface area contributed by atoms with Crippen molar-refractivity contribution < 1.29 is 9.90 Å². The van der Waals surface area contributed by atoms with Crippen molar-refractivity contribution in [2.45, 2.75) is 50.3 Å². The molecule has 0 spiro atoms. The van der Waals surface area contributed by atoms with Crippen LogP contribution >= 0.6 is 11.3 Å². The third-order valence-corrected chi connectivity index (χ3v) is 7.07. The van der Waals surface area contributed by atoms with Gasteiger partial charge >= 0.3 is 0 Å². The number of aliphatic hydroxyl groups is 1. The fourth-order valence-electron chi connectivity index (χ4n) is 4.79. The van der Waals surface area contributed by atoms with Crippen molar-refractivity contribution in [2.75, 3.05) is 6.54 Å². The number of piperidine rings is 1. The van der Waals surface area contributed by atoms with Gasteiger partial charge in [-0.25, -0.2) is 4.98 Å². The average Bonchev–Trinajstić information content (AvgIpc) is 3.33. The van der Waals surface area contributed by atoms with Gasteiger partial charge in [0.1, 0.15) is 0 Å². The van der Waals surface area contributed by atoms with Crippen molar-refractivity contribution in [3.05, 3.63) is 28.8 Å². The maximum atomic E-state index is 11.8. The lowest BCUT2D eigenvalue weighted by Gasteiger charge is -2.37. The Balaban J connectivity index is 1.33. The quantitative estimate of drug-likeness (QED) is 0.932. The van der Waals surface area contributed by atoms with E-state index in [1.807, 2.05) is 17.4 Å². The van der Waals surface area contributed by atoms with Crippen molar-refractivity contribution in [3.63, 3.8) is 0 Å². The van der Waals surface area contributed by atoms with Gasteiger partial charge in [0.25, 0.3) is 0 Å². The van der Waals surface area contributed by atoms with Gasteiger partial charge < -0.3 is 14.6 Å². The summed E-state index contributed by atoms with van der Waals surface area (Å²) >= 11 is 1.77. The predicted molar refractivity (Wildman–Crippen MR) is 91.8 cm³/mol. The number of carbonyl (C=O) groups excluding carboxylic acids is 1. The molecule has 0 bridgehead atoms. The zero-order valence-corrected chi connectivity index (χ0v) is 14.3. The second-order valence-electron chi connectivity index (χ2n) is 7.27. The van der Waals surface area contributed by atoms with Crippen LogP contribution in [0.3, 0.4) is 0 Å². The highest BCUT2D eigenvalue weighted by Crippen LogP contribution is 2.45. The van der Waals surface area contributed by atoms with E-state index < -0.39 is 0 Å². The maximum absolute atomic E-state index is 11.8. The third-order valence-electron chi connectivity index (χ3n) is 6.05. The number of hydrogen-bond donors (Lipinski definition) is 1. The lowest BCUT2D eigenvalue weighted by atomic mass is 9.84. The van der Waals surface area contributed by atoms with Gasteiger partial charge in [0.05, 0.1) is 30.4 Å². The fourth-order valence-corrected chi connectivity index (χ4v) is 5.80. The van der Waals surface area contributed by atoms with Crippen LogP contribution in [0.5, 0.6) is 0 Å². The number of amides is 1. The van der Waals surface area contributed by atoms with Crippen LogP contribution in [-0.2, 0) is 4.79 Å². The van der Waals surface area contributed by atoms with Gasteiger partial charge in [-0.05, 0) is 43.0 Å². The molecule has 1 amide bonds. The number of nitrogens with zero attached hydrogens (tertiary/aromatic N) is 3. The Kier molecular flexibility index (Phi) is 3.31. The molecule has 126 valence electrons. The number of rotatable bonds is 3. The predicted octanol–water partition coefficient (Wildman–Crippen LogP) is 2.67. The molecule has 0 saturated carbocycles. The molecular formula is C18H21N3O2S. The summed E-state index contributed by atoms with van der Waals surface area (Å²) in [5, 5.41) is 13.0. The zero-order chi connectivity index (χ0) is 16.3. The lowest BCUT2D eigenvalue weighted by molar-refractivity contribution is -0.131. The first-order valence-electron chi connectivity index (χ1n) is 8.79. The molecule has 6 heteroatoms. The molecule has 5 heterocycles. The number of carbonyl (C=O) groups is 1. The molecule has 4 atom stereocenters. The molecular weight excluding hydrogens is 322 g/mol. The van der Waals surface area contributed by atoms with E-state index in [1.54, 1.807) is 11.3 Å². The molecule has 1 N–H and O–H groups in total. The van der Waals surface area contributed by atoms with E-state index in [4.69, 9.17) is 0 Å². The molecule has 2 aromatic heterocycles. The molecule has 0 aliphatic carbocycles. The van der Waals surface area contributed by atoms with Crippen LogP contribution in [-0.4, -0.2) is 44.2 Å². The number of aromatic nitrogens is 2. The van der Waals surface area contributed by atoms with Crippen LogP contribution in [0.25, 0.3) is 11.3 Å². The molecule has 0 aromatic carbocycles. The van der Waals surface area contributed by atoms with Crippen LogP contribution in [0.15, 0.2) is 24.0 Å². The standard InChI is InChI=1S/C18H21N3O2S/c22-16(11-3-5-20-12(7-11)1-2-17(20)23)8-14-18-13(4-6-24-18)15-9-19-10-21(14)15/h4,6,9-12,14,16,22H,1-3,5,7-8H2/t11-,12-,14?,16?/m0/s1. The first kappa shape index (κ1) is 14.7. The third kappa shape index (κ3) is 2.09. The second-order valence-corrected chi connectivity index (χ2v) is 8.22. The molecule has 5 rings (SSSR count). The maximum Gasteiger partial charge on any atom is 0.222 e. The fraction of sp³-hybridized carbons (Fsp3) is 0.556. The number of thiophene rings is 1. The van der Waals surface area contributed by atoms with Crippen molar-refractivity contribution >= 4 is 17.2 Å². The number of fused-ring (bicyclic) bond motifs is 4. The SMILES string of the molecule is O=C1CC[C@H]2C[C@@H](C(O)CC3c4sccc4-c4cncn43)CCN12. The molecule has 3 aliphatic heterocycles. The van der Waals surface area contributed by atoms with Crippen LogP contribution in [0.4, 0.5) is 0 Å². The van der Waals surface area contributed by atoms with Crippen molar-refractivity contribution in [3.8, 4) is 11.3 Å². The van der Waals surface area contributed by atoms with E-state index in [1.165, 1.54) is 16.1 Å². The van der Waals surface area contributed by atoms with Crippen LogP contribution in [0, 0.1) is 5.92 Å². The van der Waals surface area contributed by atoms with Gasteiger partial charge in [0.15, 0.2) is 0 Å². The Hall–Kier alpha value is -1.66. The van der Waals surface area contributed by atoms with Crippen LogP contribution < -0.4 is 0 Å². The van der Waals surface area contributed by atoms with Crippen LogP contribution in [0.1, 0.15) is 43.0 Å². The number of hydrogen-bond acceptors (Lipinski definition) is 4. The average molecular weight is 343 g/mol. The Morgan fingerprint density at radius 2 is 2.33 bits per heavy atom. The first-order chi connectivity index (χ1) is 11.7. The summed E-state index contributed by atoms with van der Waals surface area (Å²) in [6, 6.07) is 2.72. The lowest BCUT2D eigenvalue weighted by Crippen LogP contribution is -2.43. The van der Waals surface area contributed by atoms with E-state index in [0.29, 0.717) is 24.3 Å². The molecule has 2 fully saturated rings. The van der Waals surface area contributed by atoms with Crippen molar-refractivity contribution in [1.29, 1.82) is 0 Å². The van der Waals surface area contributed by atoms with Gasteiger partial charge in [-0.15, -0.1) is 11.3 Å².